The standard InChI is InChI=1S/C15H25BrN2S/c1-11-4-5-15(10-17,12(2)6-11)18(3)8-14-7-13(16)9-19-14/h7,9,11-12H,4-6,8,10,17H2,1-3H3. The number of nitrogens with two attached hydrogens (primary N) is 1. The van der Waals surface area contributed by atoms with E-state index in [1.165, 1.54) is 28.6 Å². The van der Waals surface area contributed by atoms with Crippen molar-refractivity contribution in [1.82, 2.24) is 4.90 Å². The molecule has 1 aliphatic rings. The Labute approximate surface area is 129 Å². The fraction of sp³-hybridized carbons (Fsp3) is 0.733. The summed E-state index contributed by atoms with van der Waals surface area (Å²) in [6, 6.07) is 2.22. The van der Waals surface area contributed by atoms with Crippen molar-refractivity contribution in [3.05, 3.63) is 20.8 Å². The molecule has 2 N–H and O–H groups in total. The van der Waals surface area contributed by atoms with Crippen LogP contribution in [0, 0.1) is 11.8 Å². The molecule has 0 aliphatic heterocycles. The summed E-state index contributed by atoms with van der Waals surface area (Å²) in [6.07, 6.45) is 3.84. The van der Waals surface area contributed by atoms with Crippen molar-refractivity contribution in [3.63, 3.8) is 0 Å². The predicted molar refractivity (Wildman–Crippen MR) is 87.5 cm³/mol. The zero-order chi connectivity index (χ0) is 14.0. The van der Waals surface area contributed by atoms with Crippen LogP contribution in [0.1, 0.15) is 38.0 Å². The van der Waals surface area contributed by atoms with Gasteiger partial charge in [-0.05, 0) is 60.1 Å². The third kappa shape index (κ3) is 3.23. The van der Waals surface area contributed by atoms with Gasteiger partial charge in [-0.15, -0.1) is 11.3 Å². The van der Waals surface area contributed by atoms with Gasteiger partial charge in [-0.2, -0.15) is 0 Å². The van der Waals surface area contributed by atoms with E-state index in [1.54, 1.807) is 0 Å². The molecule has 1 aromatic rings. The number of likely N-dealkylation sites (N-methyl/N-ethyl adjacent to an activating group) is 1. The maximum absolute atomic E-state index is 6.19. The van der Waals surface area contributed by atoms with E-state index in [1.807, 2.05) is 11.3 Å². The van der Waals surface area contributed by atoms with Gasteiger partial charge in [0, 0.05) is 33.4 Å². The summed E-state index contributed by atoms with van der Waals surface area (Å²) < 4.78 is 1.19. The van der Waals surface area contributed by atoms with E-state index in [0.717, 1.165) is 19.0 Å². The minimum atomic E-state index is 0.184. The highest BCUT2D eigenvalue weighted by Crippen LogP contribution is 2.40. The van der Waals surface area contributed by atoms with Crippen LogP contribution in [0.25, 0.3) is 0 Å². The minimum Gasteiger partial charge on any atom is -0.329 e. The number of nitrogens with zero attached hydrogens (tertiary/aromatic N) is 1. The van der Waals surface area contributed by atoms with Gasteiger partial charge in [0.1, 0.15) is 0 Å². The van der Waals surface area contributed by atoms with E-state index in [0.29, 0.717) is 5.92 Å². The van der Waals surface area contributed by atoms with E-state index in [4.69, 9.17) is 5.73 Å². The summed E-state index contributed by atoms with van der Waals surface area (Å²) >= 11 is 5.36. The Kier molecular flexibility index (Phi) is 5.09. The van der Waals surface area contributed by atoms with Crippen molar-refractivity contribution in [2.24, 2.45) is 17.6 Å². The maximum atomic E-state index is 6.19. The molecule has 0 radical (unpaired) electrons. The van der Waals surface area contributed by atoms with Crippen molar-refractivity contribution in [3.8, 4) is 0 Å². The molecular weight excluding hydrogens is 320 g/mol. The molecule has 108 valence electrons. The van der Waals surface area contributed by atoms with Crippen LogP contribution in [0.15, 0.2) is 15.9 Å². The number of halogens is 1. The van der Waals surface area contributed by atoms with E-state index in [9.17, 15) is 0 Å². The molecule has 1 aliphatic carbocycles. The van der Waals surface area contributed by atoms with Crippen LogP contribution in [-0.4, -0.2) is 24.0 Å². The van der Waals surface area contributed by atoms with Gasteiger partial charge < -0.3 is 5.73 Å². The van der Waals surface area contributed by atoms with Gasteiger partial charge >= 0.3 is 0 Å². The molecule has 19 heavy (non-hydrogen) atoms. The van der Waals surface area contributed by atoms with Crippen LogP contribution in [-0.2, 0) is 6.54 Å². The highest BCUT2D eigenvalue weighted by Gasteiger charge is 2.42. The Balaban J connectivity index is 2.11. The second-order valence-corrected chi connectivity index (χ2v) is 8.09. The van der Waals surface area contributed by atoms with Crippen LogP contribution in [0.3, 0.4) is 0 Å². The molecule has 3 atom stereocenters. The Hall–Kier alpha value is 0.1000. The number of hydrogen-bond acceptors (Lipinski definition) is 3. The number of thiophene rings is 1. The van der Waals surface area contributed by atoms with Gasteiger partial charge in [0.25, 0.3) is 0 Å². The summed E-state index contributed by atoms with van der Waals surface area (Å²) in [4.78, 5) is 3.91. The Bertz CT molecular complexity index is 420. The lowest BCUT2D eigenvalue weighted by molar-refractivity contribution is 0.0135. The second-order valence-electron chi connectivity index (χ2n) is 6.18. The monoisotopic (exact) mass is 344 g/mol. The lowest BCUT2D eigenvalue weighted by Gasteiger charge is -2.50. The van der Waals surface area contributed by atoms with Crippen molar-refractivity contribution in [2.75, 3.05) is 13.6 Å². The average Bonchev–Trinajstić information content (AvgIpc) is 2.75. The summed E-state index contributed by atoms with van der Waals surface area (Å²) in [5.74, 6) is 1.52. The highest BCUT2D eigenvalue weighted by molar-refractivity contribution is 9.10. The third-order valence-electron chi connectivity index (χ3n) is 4.87. The first-order valence-corrected chi connectivity index (χ1v) is 8.79. The summed E-state index contributed by atoms with van der Waals surface area (Å²) in [5, 5.41) is 2.16. The molecule has 1 aromatic heterocycles. The molecular formula is C15H25BrN2S. The summed E-state index contributed by atoms with van der Waals surface area (Å²) in [7, 11) is 2.24. The second kappa shape index (κ2) is 6.25. The van der Waals surface area contributed by atoms with E-state index in [-0.39, 0.29) is 5.54 Å². The Morgan fingerprint density at radius 2 is 2.26 bits per heavy atom. The van der Waals surface area contributed by atoms with Gasteiger partial charge in [0.2, 0.25) is 0 Å². The van der Waals surface area contributed by atoms with Gasteiger partial charge in [-0.1, -0.05) is 13.8 Å². The molecule has 4 heteroatoms. The molecule has 1 saturated carbocycles. The molecule has 0 saturated heterocycles. The van der Waals surface area contributed by atoms with Crippen LogP contribution in [0.4, 0.5) is 0 Å². The van der Waals surface area contributed by atoms with Crippen molar-refractivity contribution < 1.29 is 0 Å². The van der Waals surface area contributed by atoms with Crippen LogP contribution < -0.4 is 5.73 Å². The average molecular weight is 345 g/mol. The topological polar surface area (TPSA) is 29.3 Å². The lowest BCUT2D eigenvalue weighted by atomic mass is 9.69. The summed E-state index contributed by atoms with van der Waals surface area (Å²) in [6.45, 7) is 6.52. The van der Waals surface area contributed by atoms with Gasteiger partial charge in [0.05, 0.1) is 0 Å². The SMILES string of the molecule is CC1CCC(CN)(N(C)Cc2cc(Br)cs2)C(C)C1. The van der Waals surface area contributed by atoms with Crippen LogP contribution in [0.2, 0.25) is 0 Å². The van der Waals surface area contributed by atoms with Gasteiger partial charge in [-0.3, -0.25) is 4.90 Å². The maximum Gasteiger partial charge on any atom is 0.0358 e. The molecule has 1 heterocycles. The molecule has 0 amide bonds. The smallest absolute Gasteiger partial charge is 0.0358 e. The number of rotatable bonds is 4. The third-order valence-corrected chi connectivity index (χ3v) is 6.55. The van der Waals surface area contributed by atoms with E-state index >= 15 is 0 Å². The Morgan fingerprint density at radius 3 is 2.79 bits per heavy atom. The molecule has 0 bridgehead atoms. The first-order chi connectivity index (χ1) is 8.98. The molecule has 1 fully saturated rings. The zero-order valence-electron chi connectivity index (χ0n) is 12.2. The van der Waals surface area contributed by atoms with Crippen molar-refractivity contribution >= 4 is 27.3 Å². The van der Waals surface area contributed by atoms with Crippen molar-refractivity contribution in [1.29, 1.82) is 0 Å². The fourth-order valence-electron chi connectivity index (χ4n) is 3.54. The fourth-order valence-corrected chi connectivity index (χ4v) is 5.04. The molecule has 2 nitrogen and oxygen atoms in total. The summed E-state index contributed by atoms with van der Waals surface area (Å²) in [5.41, 5.74) is 6.37. The lowest BCUT2D eigenvalue weighted by Crippen LogP contribution is -2.58. The van der Waals surface area contributed by atoms with Gasteiger partial charge in [0.15, 0.2) is 0 Å². The first-order valence-electron chi connectivity index (χ1n) is 7.12. The minimum absolute atomic E-state index is 0.184. The van der Waals surface area contributed by atoms with Crippen LogP contribution >= 0.6 is 27.3 Å². The molecule has 3 unspecified atom stereocenters. The Morgan fingerprint density at radius 1 is 1.53 bits per heavy atom. The highest BCUT2D eigenvalue weighted by atomic mass is 79.9. The molecule has 0 spiro atoms. The first kappa shape index (κ1) is 15.5. The van der Waals surface area contributed by atoms with E-state index in [2.05, 4.69) is 53.2 Å². The molecule has 0 aromatic carbocycles. The molecule has 2 rings (SSSR count). The number of hydrogen-bond donors (Lipinski definition) is 1. The van der Waals surface area contributed by atoms with E-state index < -0.39 is 0 Å². The van der Waals surface area contributed by atoms with Crippen LogP contribution in [0.5, 0.6) is 0 Å². The van der Waals surface area contributed by atoms with Gasteiger partial charge in [-0.25, -0.2) is 0 Å². The predicted octanol–water partition coefficient (Wildman–Crippen LogP) is 4.10. The zero-order valence-corrected chi connectivity index (χ0v) is 14.6. The normalized spacial score (nSPS) is 31.9. The quantitative estimate of drug-likeness (QED) is 0.890. The van der Waals surface area contributed by atoms with Crippen molar-refractivity contribution in [2.45, 2.75) is 45.2 Å². The largest absolute Gasteiger partial charge is 0.329 e.